The van der Waals surface area contributed by atoms with Gasteiger partial charge in [-0.25, -0.2) is 18.8 Å². The summed E-state index contributed by atoms with van der Waals surface area (Å²) < 4.78 is 37.4. The molecule has 4 rings (SSSR count). The van der Waals surface area contributed by atoms with Gasteiger partial charge in [-0.1, -0.05) is 0 Å². The van der Waals surface area contributed by atoms with Crippen molar-refractivity contribution in [2.75, 3.05) is 7.11 Å². The van der Waals surface area contributed by atoms with E-state index in [1.807, 2.05) is 0 Å². The molecule has 0 saturated carbocycles. The van der Waals surface area contributed by atoms with E-state index in [0.717, 1.165) is 26.2 Å². The van der Waals surface area contributed by atoms with Crippen LogP contribution in [0, 0.1) is 74.0 Å². The number of allylic oxidation sites excluding steroid dienone is 2. The van der Waals surface area contributed by atoms with Gasteiger partial charge in [-0.05, 0) is 107 Å². The number of rotatable bonds is 8. The lowest BCUT2D eigenvalue weighted by Gasteiger charge is -2.21. The Morgan fingerprint density at radius 1 is 0.667 bits per heavy atom. The molecule has 0 bridgehead atoms. The average molecular weight is 705 g/mol. The number of benzene rings is 3. The summed E-state index contributed by atoms with van der Waals surface area (Å²) in [5, 5.41) is 30.4. The first-order valence-electron chi connectivity index (χ1n) is 15.6. The molecule has 0 aromatic heterocycles. The van der Waals surface area contributed by atoms with Crippen molar-refractivity contribution in [1.82, 2.24) is 0 Å². The van der Waals surface area contributed by atoms with Gasteiger partial charge in [0, 0.05) is 23.3 Å². The zero-order valence-electron chi connectivity index (χ0n) is 29.7. The van der Waals surface area contributed by atoms with Crippen molar-refractivity contribution in [1.29, 1.82) is 0 Å². The predicted octanol–water partition coefficient (Wildman–Crippen LogP) is 6.52. The van der Waals surface area contributed by atoms with Crippen LogP contribution in [0.5, 0.6) is 23.0 Å². The summed E-state index contributed by atoms with van der Waals surface area (Å²) in [7, 11) is 1.16. The van der Waals surface area contributed by atoms with E-state index in [1.54, 1.807) is 48.5 Å². The SMILES string of the molecule is COC1=CC(O)=CC(=O)C1C(=O)Oc1c(C)c(O)c(C(=O)Oc2cc(C)c(C(=O)Oc3c(C)c(C)c(C(=O)O)c(C)c3C)c(C)c2C)c(C)c1F. The predicted molar refractivity (Wildman–Crippen MR) is 180 cm³/mol. The highest BCUT2D eigenvalue weighted by atomic mass is 19.1. The fourth-order valence-electron chi connectivity index (χ4n) is 6.01. The highest BCUT2D eigenvalue weighted by Crippen LogP contribution is 2.39. The molecule has 13 heteroatoms. The van der Waals surface area contributed by atoms with Crippen molar-refractivity contribution >= 4 is 29.7 Å². The zero-order valence-corrected chi connectivity index (χ0v) is 29.7. The maximum absolute atomic E-state index is 15.7. The normalized spacial score (nSPS) is 14.0. The summed E-state index contributed by atoms with van der Waals surface area (Å²) in [6, 6.07) is 1.42. The van der Waals surface area contributed by atoms with Crippen LogP contribution in [0.3, 0.4) is 0 Å². The van der Waals surface area contributed by atoms with Gasteiger partial charge < -0.3 is 34.3 Å². The third-order valence-corrected chi connectivity index (χ3v) is 9.28. The van der Waals surface area contributed by atoms with E-state index in [0.29, 0.717) is 38.9 Å². The Labute approximate surface area is 292 Å². The van der Waals surface area contributed by atoms with E-state index >= 15 is 4.39 Å². The number of carbonyl (C=O) groups excluding carboxylic acids is 4. The molecule has 3 aromatic rings. The van der Waals surface area contributed by atoms with Gasteiger partial charge >= 0.3 is 23.9 Å². The number of aryl methyl sites for hydroxylation is 1. The van der Waals surface area contributed by atoms with Crippen molar-refractivity contribution in [3.05, 3.63) is 102 Å². The molecule has 0 heterocycles. The molecule has 0 amide bonds. The van der Waals surface area contributed by atoms with Crippen molar-refractivity contribution in [3.8, 4) is 23.0 Å². The maximum atomic E-state index is 15.7. The minimum absolute atomic E-state index is 0.00905. The second-order valence-corrected chi connectivity index (χ2v) is 12.3. The average Bonchev–Trinajstić information content (AvgIpc) is 3.05. The lowest BCUT2D eigenvalue weighted by atomic mass is 9.93. The van der Waals surface area contributed by atoms with Crippen LogP contribution in [0.25, 0.3) is 0 Å². The fraction of sp³-hybridized carbons (Fsp3) is 0.289. The van der Waals surface area contributed by atoms with E-state index in [4.69, 9.17) is 18.9 Å². The molecule has 3 N–H and O–H groups in total. The van der Waals surface area contributed by atoms with Gasteiger partial charge in [0.2, 0.25) is 0 Å². The molecule has 1 atom stereocenters. The quantitative estimate of drug-likeness (QED) is 0.131. The third-order valence-electron chi connectivity index (χ3n) is 9.28. The molecular weight excluding hydrogens is 667 g/mol. The molecule has 0 saturated heterocycles. The van der Waals surface area contributed by atoms with Gasteiger partial charge in [0.05, 0.1) is 18.2 Å². The monoisotopic (exact) mass is 704 g/mol. The molecule has 0 aliphatic heterocycles. The number of phenolic OH excluding ortho intramolecular Hbond substituents is 1. The van der Waals surface area contributed by atoms with Crippen molar-refractivity contribution in [3.63, 3.8) is 0 Å². The molecule has 0 fully saturated rings. The maximum Gasteiger partial charge on any atom is 0.347 e. The molecule has 12 nitrogen and oxygen atoms in total. The Balaban J connectivity index is 1.64. The summed E-state index contributed by atoms with van der Waals surface area (Å²) in [6.07, 6.45) is 1.82. The first kappa shape index (κ1) is 37.8. The number of carbonyl (C=O) groups is 5. The Morgan fingerprint density at radius 3 is 1.76 bits per heavy atom. The number of halogens is 1. The number of ketones is 1. The highest BCUT2D eigenvalue weighted by molar-refractivity contribution is 6.09. The lowest BCUT2D eigenvalue weighted by molar-refractivity contribution is -0.142. The van der Waals surface area contributed by atoms with E-state index in [2.05, 4.69) is 0 Å². The van der Waals surface area contributed by atoms with Crippen LogP contribution in [-0.2, 0) is 14.3 Å². The van der Waals surface area contributed by atoms with E-state index in [9.17, 15) is 39.3 Å². The number of esters is 3. The van der Waals surface area contributed by atoms with Crippen LogP contribution in [0.4, 0.5) is 4.39 Å². The number of carboxylic acid groups (broad SMARTS) is 1. The summed E-state index contributed by atoms with van der Waals surface area (Å²) in [6.45, 7) is 13.8. The lowest BCUT2D eigenvalue weighted by Crippen LogP contribution is -2.32. The molecule has 268 valence electrons. The number of hydrogen-bond acceptors (Lipinski definition) is 11. The number of phenols is 1. The summed E-state index contributed by atoms with van der Waals surface area (Å²) >= 11 is 0. The van der Waals surface area contributed by atoms with Crippen molar-refractivity contribution in [2.45, 2.75) is 62.3 Å². The second-order valence-electron chi connectivity index (χ2n) is 12.3. The van der Waals surface area contributed by atoms with Gasteiger partial charge in [-0.3, -0.25) is 9.59 Å². The van der Waals surface area contributed by atoms with Crippen LogP contribution in [0.15, 0.2) is 29.7 Å². The summed E-state index contributed by atoms with van der Waals surface area (Å²) in [5.41, 5.74) is 2.08. The zero-order chi connectivity index (χ0) is 38.4. The van der Waals surface area contributed by atoms with Crippen molar-refractivity contribution in [2.24, 2.45) is 5.92 Å². The molecule has 1 aliphatic rings. The number of aliphatic hydroxyl groups is 1. The molecule has 1 aliphatic carbocycles. The topological polar surface area (TPSA) is 183 Å². The van der Waals surface area contributed by atoms with Gasteiger partial charge in [-0.15, -0.1) is 0 Å². The van der Waals surface area contributed by atoms with Crippen LogP contribution in [0.1, 0.15) is 81.1 Å². The number of aliphatic hydroxyl groups excluding tert-OH is 1. The molecule has 3 aromatic carbocycles. The Hall–Kier alpha value is -5.98. The number of aromatic carboxylic acids is 1. The summed E-state index contributed by atoms with van der Waals surface area (Å²) in [5.74, 6) is -9.82. The Morgan fingerprint density at radius 2 is 1.22 bits per heavy atom. The largest absolute Gasteiger partial charge is 0.508 e. The highest BCUT2D eigenvalue weighted by Gasteiger charge is 2.37. The molecular formula is C38H37FO12. The van der Waals surface area contributed by atoms with Gasteiger partial charge in [0.1, 0.15) is 34.3 Å². The van der Waals surface area contributed by atoms with Crippen LogP contribution in [-0.4, -0.2) is 52.1 Å². The fourth-order valence-corrected chi connectivity index (χ4v) is 6.01. The van der Waals surface area contributed by atoms with Crippen LogP contribution in [0.2, 0.25) is 0 Å². The van der Waals surface area contributed by atoms with Crippen LogP contribution < -0.4 is 14.2 Å². The molecule has 0 spiro atoms. The van der Waals surface area contributed by atoms with E-state index in [1.165, 1.54) is 13.0 Å². The smallest absolute Gasteiger partial charge is 0.347 e. The number of carboxylic acids is 1. The summed E-state index contributed by atoms with van der Waals surface area (Å²) in [4.78, 5) is 64.2. The molecule has 51 heavy (non-hydrogen) atoms. The van der Waals surface area contributed by atoms with Gasteiger partial charge in [-0.2, -0.15) is 0 Å². The van der Waals surface area contributed by atoms with Gasteiger partial charge in [0.25, 0.3) is 0 Å². The van der Waals surface area contributed by atoms with E-state index < -0.39 is 69.8 Å². The number of hydrogen-bond donors (Lipinski definition) is 3. The standard InChI is InChI=1S/C38H37FO12/c1-14-11-25(15(2)16(3)27(14)36(45)50-33-19(6)17(4)28(35(43)44)18(5)20(33)7)49-37(46)29-21(8)31(39)34(22(9)32(29)42)51-38(47)30-24(41)12-23(40)13-26(30)48-10/h11-13,30,40,42H,1-10H3,(H,43,44). The number of methoxy groups -OCH3 is 1. The minimum Gasteiger partial charge on any atom is -0.508 e. The third kappa shape index (κ3) is 6.66. The Kier molecular flexibility index (Phi) is 10.5. The second kappa shape index (κ2) is 14.1. The first-order valence-corrected chi connectivity index (χ1v) is 15.6. The number of ether oxygens (including phenoxy) is 4. The van der Waals surface area contributed by atoms with Gasteiger partial charge in [0.15, 0.2) is 23.3 Å². The first-order chi connectivity index (χ1) is 23.7. The molecule has 1 unspecified atom stereocenters. The Bertz CT molecular complexity index is 2080. The number of aromatic hydroxyl groups is 1. The van der Waals surface area contributed by atoms with Crippen molar-refractivity contribution < 1.29 is 62.6 Å². The van der Waals surface area contributed by atoms with Crippen LogP contribution >= 0.6 is 0 Å². The minimum atomic E-state index is -1.65. The van der Waals surface area contributed by atoms with E-state index in [-0.39, 0.29) is 33.9 Å². The molecule has 0 radical (unpaired) electrons.